The zero-order chi connectivity index (χ0) is 14.4. The van der Waals surface area contributed by atoms with Gasteiger partial charge >= 0.3 is 0 Å². The van der Waals surface area contributed by atoms with Crippen molar-refractivity contribution in [1.29, 1.82) is 0 Å². The first kappa shape index (κ1) is 15.4. The summed E-state index contributed by atoms with van der Waals surface area (Å²) in [5, 5.41) is 3.02. The minimum absolute atomic E-state index is 0.340. The van der Waals surface area contributed by atoms with Gasteiger partial charge in [0, 0.05) is 19.6 Å². The second-order valence-corrected chi connectivity index (χ2v) is 6.89. The fraction of sp³-hybridized carbons (Fsp3) is 0.571. The molecule has 0 unspecified atom stereocenters. The molecule has 1 aliphatic rings. The van der Waals surface area contributed by atoms with Gasteiger partial charge in [0.2, 0.25) is 10.0 Å². The van der Waals surface area contributed by atoms with E-state index < -0.39 is 10.0 Å². The van der Waals surface area contributed by atoms with E-state index in [1.807, 2.05) is 13.1 Å². The van der Waals surface area contributed by atoms with Gasteiger partial charge in [-0.1, -0.05) is 12.1 Å². The Labute approximate surface area is 121 Å². The molecule has 1 aromatic carbocycles. The summed E-state index contributed by atoms with van der Waals surface area (Å²) >= 11 is 0. The average molecular weight is 297 g/mol. The van der Waals surface area contributed by atoms with Gasteiger partial charge in [-0.3, -0.25) is 0 Å². The van der Waals surface area contributed by atoms with Crippen molar-refractivity contribution >= 4 is 10.0 Å². The van der Waals surface area contributed by atoms with Gasteiger partial charge in [0.25, 0.3) is 0 Å². The van der Waals surface area contributed by atoms with E-state index >= 15 is 0 Å². The van der Waals surface area contributed by atoms with E-state index in [1.165, 1.54) is 12.8 Å². The van der Waals surface area contributed by atoms with Crippen molar-refractivity contribution in [3.8, 4) is 0 Å². The van der Waals surface area contributed by atoms with Crippen molar-refractivity contribution in [3.63, 3.8) is 0 Å². The molecule has 1 aromatic rings. The van der Waals surface area contributed by atoms with Gasteiger partial charge in [-0.25, -0.2) is 13.1 Å². The minimum atomic E-state index is -3.40. The van der Waals surface area contributed by atoms with Crippen LogP contribution >= 0.6 is 0 Å². The highest BCUT2D eigenvalue weighted by Crippen LogP contribution is 2.11. The van der Waals surface area contributed by atoms with E-state index in [0.717, 1.165) is 25.2 Å². The van der Waals surface area contributed by atoms with Crippen molar-refractivity contribution < 1.29 is 8.42 Å². The lowest BCUT2D eigenvalue weighted by Gasteiger charge is -2.15. The first-order valence-corrected chi connectivity index (χ1v) is 8.56. The molecule has 0 atom stereocenters. The number of benzene rings is 1. The normalized spacial score (nSPS) is 16.6. The summed E-state index contributed by atoms with van der Waals surface area (Å²) in [7, 11) is -1.55. The van der Waals surface area contributed by atoms with E-state index in [1.54, 1.807) is 18.2 Å². The highest BCUT2D eigenvalue weighted by molar-refractivity contribution is 7.89. The number of hydrogen-bond donors (Lipinski definition) is 2. The molecule has 0 amide bonds. The lowest BCUT2D eigenvalue weighted by Crippen LogP contribution is -2.33. The van der Waals surface area contributed by atoms with Crippen LogP contribution in [-0.2, 0) is 16.6 Å². The van der Waals surface area contributed by atoms with Crippen LogP contribution in [-0.4, -0.2) is 46.5 Å². The average Bonchev–Trinajstić information content (AvgIpc) is 2.92. The van der Waals surface area contributed by atoms with Gasteiger partial charge < -0.3 is 10.2 Å². The van der Waals surface area contributed by atoms with Crippen LogP contribution in [0.15, 0.2) is 29.2 Å². The lowest BCUT2D eigenvalue weighted by molar-refractivity contribution is 0.344. The molecular weight excluding hydrogens is 274 g/mol. The molecule has 0 saturated carbocycles. The van der Waals surface area contributed by atoms with Crippen molar-refractivity contribution in [1.82, 2.24) is 14.9 Å². The lowest BCUT2D eigenvalue weighted by atomic mass is 10.2. The zero-order valence-electron chi connectivity index (χ0n) is 11.9. The van der Waals surface area contributed by atoms with Crippen molar-refractivity contribution in [2.24, 2.45) is 0 Å². The molecule has 5 nitrogen and oxygen atoms in total. The molecule has 112 valence electrons. The van der Waals surface area contributed by atoms with Crippen LogP contribution < -0.4 is 10.0 Å². The maximum Gasteiger partial charge on any atom is 0.240 e. The maximum absolute atomic E-state index is 12.2. The highest BCUT2D eigenvalue weighted by atomic mass is 32.2. The van der Waals surface area contributed by atoms with Crippen LogP contribution in [0.3, 0.4) is 0 Å². The first-order valence-electron chi connectivity index (χ1n) is 7.07. The van der Waals surface area contributed by atoms with Crippen LogP contribution in [0.5, 0.6) is 0 Å². The van der Waals surface area contributed by atoms with E-state index in [-0.39, 0.29) is 0 Å². The SMILES string of the molecule is CNCc1cccc(S(=O)(=O)NCCN2CCCC2)c1. The monoisotopic (exact) mass is 297 g/mol. The molecule has 0 bridgehead atoms. The van der Waals surface area contributed by atoms with Gasteiger partial charge in [0.1, 0.15) is 0 Å². The Bertz CT molecular complexity index is 525. The van der Waals surface area contributed by atoms with Gasteiger partial charge in [-0.15, -0.1) is 0 Å². The number of rotatable bonds is 7. The smallest absolute Gasteiger partial charge is 0.240 e. The fourth-order valence-electron chi connectivity index (χ4n) is 2.45. The second-order valence-electron chi connectivity index (χ2n) is 5.12. The number of nitrogens with zero attached hydrogens (tertiary/aromatic N) is 1. The third-order valence-corrected chi connectivity index (χ3v) is 4.97. The van der Waals surface area contributed by atoms with Gasteiger partial charge in [0.05, 0.1) is 4.90 Å². The summed E-state index contributed by atoms with van der Waals surface area (Å²) in [6, 6.07) is 7.05. The van der Waals surface area contributed by atoms with Crippen LogP contribution in [0.2, 0.25) is 0 Å². The molecule has 2 rings (SSSR count). The molecule has 1 aliphatic heterocycles. The fourth-order valence-corrected chi connectivity index (χ4v) is 3.55. The Balaban J connectivity index is 1.93. The van der Waals surface area contributed by atoms with Gasteiger partial charge in [-0.2, -0.15) is 0 Å². The molecule has 0 aliphatic carbocycles. The summed E-state index contributed by atoms with van der Waals surface area (Å²) in [6.07, 6.45) is 2.44. The topological polar surface area (TPSA) is 61.4 Å². The predicted octanol–water partition coefficient (Wildman–Crippen LogP) is 0.780. The molecular formula is C14H23N3O2S. The standard InChI is InChI=1S/C14H23N3O2S/c1-15-12-13-5-4-6-14(11-13)20(18,19)16-7-10-17-8-2-3-9-17/h4-6,11,15-16H,2-3,7-10,12H2,1H3. The number of likely N-dealkylation sites (tertiary alicyclic amines) is 1. The quantitative estimate of drug-likeness (QED) is 0.781. The number of sulfonamides is 1. The van der Waals surface area contributed by atoms with Crippen molar-refractivity contribution in [3.05, 3.63) is 29.8 Å². The van der Waals surface area contributed by atoms with Crippen LogP contribution in [0.1, 0.15) is 18.4 Å². The molecule has 1 fully saturated rings. The number of hydrogen-bond acceptors (Lipinski definition) is 4. The summed E-state index contributed by atoms with van der Waals surface area (Å²) < 4.78 is 27.1. The third-order valence-electron chi connectivity index (χ3n) is 3.51. The van der Waals surface area contributed by atoms with E-state index in [2.05, 4.69) is 14.9 Å². The summed E-state index contributed by atoms with van der Waals surface area (Å²) in [6.45, 7) is 4.09. The second kappa shape index (κ2) is 7.17. The van der Waals surface area contributed by atoms with Crippen molar-refractivity contribution in [2.75, 3.05) is 33.2 Å². The highest BCUT2D eigenvalue weighted by Gasteiger charge is 2.16. The van der Waals surface area contributed by atoms with Crippen LogP contribution in [0, 0.1) is 0 Å². The van der Waals surface area contributed by atoms with Gasteiger partial charge in [0.15, 0.2) is 0 Å². The summed E-state index contributed by atoms with van der Waals surface area (Å²) in [4.78, 5) is 2.63. The third kappa shape index (κ3) is 4.28. The first-order chi connectivity index (χ1) is 9.62. The Kier molecular flexibility index (Phi) is 5.54. The maximum atomic E-state index is 12.2. The minimum Gasteiger partial charge on any atom is -0.316 e. The molecule has 20 heavy (non-hydrogen) atoms. The van der Waals surface area contributed by atoms with E-state index in [9.17, 15) is 8.42 Å². The molecule has 2 N–H and O–H groups in total. The Hall–Kier alpha value is -0.950. The Morgan fingerprint density at radius 2 is 2.00 bits per heavy atom. The largest absolute Gasteiger partial charge is 0.316 e. The van der Waals surface area contributed by atoms with Crippen molar-refractivity contribution in [2.45, 2.75) is 24.3 Å². The molecule has 6 heteroatoms. The van der Waals surface area contributed by atoms with Gasteiger partial charge in [-0.05, 0) is 50.7 Å². The molecule has 0 radical (unpaired) electrons. The van der Waals surface area contributed by atoms with E-state index in [4.69, 9.17) is 0 Å². The van der Waals surface area contributed by atoms with E-state index in [0.29, 0.717) is 18.0 Å². The predicted molar refractivity (Wildman–Crippen MR) is 80.1 cm³/mol. The zero-order valence-corrected chi connectivity index (χ0v) is 12.7. The van der Waals surface area contributed by atoms with Crippen LogP contribution in [0.25, 0.3) is 0 Å². The molecule has 1 heterocycles. The summed E-state index contributed by atoms with van der Waals surface area (Å²) in [5.74, 6) is 0. The number of nitrogens with one attached hydrogen (secondary N) is 2. The molecule has 1 saturated heterocycles. The molecule has 0 aromatic heterocycles. The van der Waals surface area contributed by atoms with Crippen LogP contribution in [0.4, 0.5) is 0 Å². The summed E-state index contributed by atoms with van der Waals surface area (Å²) in [5.41, 5.74) is 0.968. The molecule has 0 spiro atoms. The Morgan fingerprint density at radius 1 is 1.25 bits per heavy atom. The Morgan fingerprint density at radius 3 is 2.70 bits per heavy atom.